The fourth-order valence-corrected chi connectivity index (χ4v) is 2.76. The second-order valence-electron chi connectivity index (χ2n) is 5.03. The molecule has 1 saturated carbocycles. The fraction of sp³-hybridized carbons (Fsp3) is 0.769. The quantitative estimate of drug-likeness (QED) is 0.744. The zero-order chi connectivity index (χ0) is 12.3. The van der Waals surface area contributed by atoms with E-state index in [-0.39, 0.29) is 17.9 Å². The highest BCUT2D eigenvalue weighted by molar-refractivity contribution is 5.80. The molecule has 0 aromatic carbocycles. The summed E-state index contributed by atoms with van der Waals surface area (Å²) < 4.78 is 5.10. The van der Waals surface area contributed by atoms with E-state index in [9.17, 15) is 4.79 Å². The van der Waals surface area contributed by atoms with Gasteiger partial charge in [-0.2, -0.15) is 0 Å². The van der Waals surface area contributed by atoms with Crippen molar-refractivity contribution in [2.45, 2.75) is 31.7 Å². The summed E-state index contributed by atoms with van der Waals surface area (Å²) in [5.41, 5.74) is 7.28. The Morgan fingerprint density at radius 3 is 2.94 bits per heavy atom. The first kappa shape index (κ1) is 12.6. The maximum atomic E-state index is 12.3. The Morgan fingerprint density at radius 2 is 2.41 bits per heavy atom. The second kappa shape index (κ2) is 5.65. The maximum absolute atomic E-state index is 12.3. The van der Waals surface area contributed by atoms with Crippen LogP contribution in [0.4, 0.5) is 0 Å². The van der Waals surface area contributed by atoms with E-state index in [0.717, 1.165) is 38.8 Å². The second-order valence-corrected chi connectivity index (χ2v) is 5.03. The number of hydrogen-bond acceptors (Lipinski definition) is 3. The van der Waals surface area contributed by atoms with Crippen molar-refractivity contribution in [3.8, 4) is 0 Å². The van der Waals surface area contributed by atoms with Gasteiger partial charge in [-0.25, -0.2) is 0 Å². The van der Waals surface area contributed by atoms with Crippen LogP contribution in [-0.2, 0) is 9.53 Å². The molecule has 2 rings (SSSR count). The van der Waals surface area contributed by atoms with E-state index in [2.05, 4.69) is 6.08 Å². The number of carbonyl (C=O) groups is 1. The van der Waals surface area contributed by atoms with Crippen molar-refractivity contribution in [3.63, 3.8) is 0 Å². The number of carbonyl (C=O) groups excluding carboxylic acids is 1. The Labute approximate surface area is 103 Å². The van der Waals surface area contributed by atoms with Crippen molar-refractivity contribution in [2.24, 2.45) is 11.7 Å². The standard InChI is InChI=1S/C13H22N2O2/c1-17-9-10-5-7-15(8-6-10)13(16)11-3-2-4-12(11)14/h5,11-12H,2-4,6-9,14H2,1H3. The van der Waals surface area contributed by atoms with E-state index >= 15 is 0 Å². The Morgan fingerprint density at radius 1 is 1.59 bits per heavy atom. The van der Waals surface area contributed by atoms with Gasteiger partial charge < -0.3 is 15.4 Å². The molecule has 0 aromatic heterocycles. The summed E-state index contributed by atoms with van der Waals surface area (Å²) in [4.78, 5) is 14.2. The van der Waals surface area contributed by atoms with Crippen LogP contribution in [0.5, 0.6) is 0 Å². The number of rotatable bonds is 3. The van der Waals surface area contributed by atoms with Crippen molar-refractivity contribution < 1.29 is 9.53 Å². The first-order valence-corrected chi connectivity index (χ1v) is 6.43. The van der Waals surface area contributed by atoms with Gasteiger partial charge >= 0.3 is 0 Å². The number of amides is 1. The van der Waals surface area contributed by atoms with Gasteiger partial charge in [-0.05, 0) is 24.8 Å². The summed E-state index contributed by atoms with van der Waals surface area (Å²) in [6, 6.07) is 0.0758. The molecule has 2 unspecified atom stereocenters. The summed E-state index contributed by atoms with van der Waals surface area (Å²) in [7, 11) is 1.70. The van der Waals surface area contributed by atoms with Crippen molar-refractivity contribution >= 4 is 5.91 Å². The van der Waals surface area contributed by atoms with Crippen LogP contribution in [0.25, 0.3) is 0 Å². The highest BCUT2D eigenvalue weighted by atomic mass is 16.5. The van der Waals surface area contributed by atoms with Crippen molar-refractivity contribution in [1.29, 1.82) is 0 Å². The van der Waals surface area contributed by atoms with Gasteiger partial charge in [-0.15, -0.1) is 0 Å². The number of methoxy groups -OCH3 is 1. The molecule has 1 fully saturated rings. The van der Waals surface area contributed by atoms with Crippen LogP contribution in [0, 0.1) is 5.92 Å². The molecule has 96 valence electrons. The van der Waals surface area contributed by atoms with Crippen LogP contribution in [0.3, 0.4) is 0 Å². The smallest absolute Gasteiger partial charge is 0.227 e. The first-order chi connectivity index (χ1) is 8.22. The number of ether oxygens (including phenoxy) is 1. The van der Waals surface area contributed by atoms with Gasteiger partial charge in [-0.3, -0.25) is 4.79 Å². The topological polar surface area (TPSA) is 55.6 Å². The lowest BCUT2D eigenvalue weighted by atomic mass is 10.0. The monoisotopic (exact) mass is 238 g/mol. The summed E-state index contributed by atoms with van der Waals surface area (Å²) in [6.45, 7) is 2.23. The highest BCUT2D eigenvalue weighted by Gasteiger charge is 2.33. The van der Waals surface area contributed by atoms with E-state index in [1.54, 1.807) is 7.11 Å². The molecule has 4 nitrogen and oxygen atoms in total. The maximum Gasteiger partial charge on any atom is 0.227 e. The number of nitrogens with two attached hydrogens (primary N) is 1. The van der Waals surface area contributed by atoms with Crippen molar-refractivity contribution in [1.82, 2.24) is 4.90 Å². The molecule has 4 heteroatoms. The Balaban J connectivity index is 1.90. The van der Waals surface area contributed by atoms with Crippen LogP contribution in [0.2, 0.25) is 0 Å². The predicted molar refractivity (Wildman–Crippen MR) is 66.5 cm³/mol. The SMILES string of the molecule is COCC1=CCN(C(=O)C2CCCC2N)CC1. The molecule has 1 heterocycles. The minimum atomic E-state index is 0.0624. The lowest BCUT2D eigenvalue weighted by molar-refractivity contribution is -0.135. The van der Waals surface area contributed by atoms with Gasteiger partial charge in [0.15, 0.2) is 0 Å². The van der Waals surface area contributed by atoms with Crippen LogP contribution < -0.4 is 5.73 Å². The third-order valence-electron chi connectivity index (χ3n) is 3.83. The molecule has 0 radical (unpaired) electrons. The minimum absolute atomic E-state index is 0.0624. The molecule has 0 bridgehead atoms. The van der Waals surface area contributed by atoms with Gasteiger partial charge in [0.05, 0.1) is 12.5 Å². The zero-order valence-electron chi connectivity index (χ0n) is 10.5. The van der Waals surface area contributed by atoms with Gasteiger partial charge in [-0.1, -0.05) is 12.5 Å². The van der Waals surface area contributed by atoms with Crippen LogP contribution >= 0.6 is 0 Å². The molecule has 2 atom stereocenters. The predicted octanol–water partition coefficient (Wildman–Crippen LogP) is 0.919. The molecular formula is C13H22N2O2. The highest BCUT2D eigenvalue weighted by Crippen LogP contribution is 2.26. The normalized spacial score (nSPS) is 29.3. The minimum Gasteiger partial charge on any atom is -0.380 e. The van der Waals surface area contributed by atoms with E-state index < -0.39 is 0 Å². The molecule has 1 aliphatic heterocycles. The lowest BCUT2D eigenvalue weighted by Crippen LogP contribution is -2.43. The van der Waals surface area contributed by atoms with E-state index in [0.29, 0.717) is 6.61 Å². The molecule has 2 N–H and O–H groups in total. The summed E-state index contributed by atoms with van der Waals surface area (Å²) in [5, 5.41) is 0. The van der Waals surface area contributed by atoms with Gasteiger partial charge in [0.1, 0.15) is 0 Å². The Bertz CT molecular complexity index is 315. The van der Waals surface area contributed by atoms with E-state index in [4.69, 9.17) is 10.5 Å². The summed E-state index contributed by atoms with van der Waals surface area (Å²) in [6.07, 6.45) is 6.10. The van der Waals surface area contributed by atoms with Gasteiger partial charge in [0.2, 0.25) is 5.91 Å². The third kappa shape index (κ3) is 2.87. The third-order valence-corrected chi connectivity index (χ3v) is 3.83. The number of hydrogen-bond donors (Lipinski definition) is 1. The summed E-state index contributed by atoms with van der Waals surface area (Å²) >= 11 is 0. The first-order valence-electron chi connectivity index (χ1n) is 6.43. The van der Waals surface area contributed by atoms with E-state index in [1.165, 1.54) is 5.57 Å². The zero-order valence-corrected chi connectivity index (χ0v) is 10.5. The van der Waals surface area contributed by atoms with Crippen LogP contribution in [0.1, 0.15) is 25.7 Å². The molecule has 17 heavy (non-hydrogen) atoms. The molecular weight excluding hydrogens is 216 g/mol. The van der Waals surface area contributed by atoms with Crippen LogP contribution in [-0.4, -0.2) is 43.7 Å². The summed E-state index contributed by atoms with van der Waals surface area (Å²) in [5.74, 6) is 0.315. The fourth-order valence-electron chi connectivity index (χ4n) is 2.76. The van der Waals surface area contributed by atoms with Gasteiger partial charge in [0, 0.05) is 26.2 Å². The van der Waals surface area contributed by atoms with Crippen molar-refractivity contribution in [3.05, 3.63) is 11.6 Å². The van der Waals surface area contributed by atoms with Crippen LogP contribution in [0.15, 0.2) is 11.6 Å². The number of nitrogens with zero attached hydrogens (tertiary/aromatic N) is 1. The molecule has 1 amide bonds. The average molecular weight is 238 g/mol. The molecule has 0 spiro atoms. The lowest BCUT2D eigenvalue weighted by Gasteiger charge is -2.29. The van der Waals surface area contributed by atoms with E-state index in [1.807, 2.05) is 4.90 Å². The average Bonchev–Trinajstić information content (AvgIpc) is 2.76. The molecule has 1 aliphatic carbocycles. The Hall–Kier alpha value is -0.870. The Kier molecular flexibility index (Phi) is 4.18. The largest absolute Gasteiger partial charge is 0.380 e. The molecule has 2 aliphatic rings. The molecule has 0 saturated heterocycles. The van der Waals surface area contributed by atoms with Gasteiger partial charge in [0.25, 0.3) is 0 Å². The molecule has 0 aromatic rings. The van der Waals surface area contributed by atoms with Crippen molar-refractivity contribution in [2.75, 3.05) is 26.8 Å².